The number of fused-ring (bicyclic) bond motifs is 1. The molecule has 0 unspecified atom stereocenters. The summed E-state index contributed by atoms with van der Waals surface area (Å²) in [5.74, 6) is -0.792. The Balaban J connectivity index is 1.89. The third-order valence-corrected chi connectivity index (χ3v) is 6.55. The van der Waals surface area contributed by atoms with Crippen LogP contribution in [0, 0.1) is 11.8 Å². The van der Waals surface area contributed by atoms with E-state index < -0.39 is 12.0 Å². The molecule has 1 fully saturated rings. The monoisotopic (exact) mass is 419 g/mol. The van der Waals surface area contributed by atoms with E-state index in [9.17, 15) is 14.4 Å². The summed E-state index contributed by atoms with van der Waals surface area (Å²) in [6, 6.07) is 7.29. The Morgan fingerprint density at radius 2 is 1.93 bits per heavy atom. The van der Waals surface area contributed by atoms with Gasteiger partial charge < -0.3 is 9.64 Å². The first kappa shape index (κ1) is 21.0. The molecule has 150 valence electrons. The average molecular weight is 420 g/mol. The van der Waals surface area contributed by atoms with Gasteiger partial charge in [0.15, 0.2) is 0 Å². The molecule has 1 amide bonds. The van der Waals surface area contributed by atoms with E-state index >= 15 is 0 Å². The maximum absolute atomic E-state index is 13.0. The average Bonchev–Trinajstić information content (AvgIpc) is 2.65. The molecule has 0 radical (unpaired) electrons. The van der Waals surface area contributed by atoms with E-state index in [0.29, 0.717) is 36.8 Å². The Hall–Kier alpha value is -1.73. The summed E-state index contributed by atoms with van der Waals surface area (Å²) in [5, 5.41) is 0. The van der Waals surface area contributed by atoms with Crippen LogP contribution >= 0.6 is 24.0 Å². The van der Waals surface area contributed by atoms with Crippen LogP contribution in [-0.4, -0.2) is 45.7 Å². The normalized spacial score (nSPS) is 24.6. The van der Waals surface area contributed by atoms with E-state index in [4.69, 9.17) is 17.0 Å². The predicted molar refractivity (Wildman–Crippen MR) is 113 cm³/mol. The van der Waals surface area contributed by atoms with E-state index in [1.165, 1.54) is 11.8 Å². The first-order valence-corrected chi connectivity index (χ1v) is 11.0. The van der Waals surface area contributed by atoms with Crippen LogP contribution in [0.2, 0.25) is 0 Å². The molecule has 0 saturated heterocycles. The molecule has 1 aromatic carbocycles. The number of thiocarbonyl (C=S) groups is 1. The van der Waals surface area contributed by atoms with Gasteiger partial charge >= 0.3 is 0 Å². The zero-order chi connectivity index (χ0) is 20.3. The lowest BCUT2D eigenvalue weighted by Gasteiger charge is -2.42. The highest BCUT2D eigenvalue weighted by Crippen LogP contribution is 2.40. The molecule has 7 heteroatoms. The zero-order valence-electron chi connectivity index (χ0n) is 16.2. The fraction of sp³-hybridized carbons (Fsp3) is 0.524. The minimum absolute atomic E-state index is 0.0549. The van der Waals surface area contributed by atoms with Gasteiger partial charge in [0.2, 0.25) is 10.3 Å². The Bertz CT molecular complexity index is 776. The van der Waals surface area contributed by atoms with Crippen LogP contribution in [0.1, 0.15) is 43.9 Å². The highest BCUT2D eigenvalue weighted by Gasteiger charge is 2.45. The molecule has 0 N–H and O–H groups in total. The molecular formula is C21H25NO4S2. The van der Waals surface area contributed by atoms with Crippen molar-refractivity contribution in [3.8, 4) is 0 Å². The molecule has 1 heterocycles. The fourth-order valence-electron chi connectivity index (χ4n) is 4.15. The van der Waals surface area contributed by atoms with Gasteiger partial charge in [0.1, 0.15) is 17.5 Å². The Morgan fingerprint density at radius 1 is 1.25 bits per heavy atom. The van der Waals surface area contributed by atoms with Crippen LogP contribution < -0.4 is 0 Å². The van der Waals surface area contributed by atoms with Gasteiger partial charge in [0, 0.05) is 19.4 Å². The van der Waals surface area contributed by atoms with Gasteiger partial charge in [-0.05, 0) is 42.6 Å². The van der Waals surface area contributed by atoms with Crippen LogP contribution in [0.3, 0.4) is 0 Å². The summed E-state index contributed by atoms with van der Waals surface area (Å²) >= 11 is 6.29. The molecule has 0 spiro atoms. The minimum atomic E-state index is -0.773. The van der Waals surface area contributed by atoms with Crippen LogP contribution in [0.5, 0.6) is 0 Å². The molecule has 1 atom stereocenters. The van der Waals surface area contributed by atoms with Gasteiger partial charge in [-0.1, -0.05) is 43.0 Å². The molecule has 2 aliphatic rings. The molecule has 28 heavy (non-hydrogen) atoms. The summed E-state index contributed by atoms with van der Waals surface area (Å²) in [6.45, 7) is 4.72. The summed E-state index contributed by atoms with van der Waals surface area (Å²) in [5.41, 5.74) is 2.02. The maximum Gasteiger partial charge on any atom is 0.233 e. The van der Waals surface area contributed by atoms with Crippen molar-refractivity contribution in [2.75, 3.05) is 18.9 Å². The fourth-order valence-corrected chi connectivity index (χ4v) is 5.05. The highest BCUT2D eigenvalue weighted by molar-refractivity contribution is 8.23. The van der Waals surface area contributed by atoms with Crippen molar-refractivity contribution >= 4 is 45.8 Å². The van der Waals surface area contributed by atoms with E-state index in [-0.39, 0.29) is 29.1 Å². The Morgan fingerprint density at radius 3 is 2.61 bits per heavy atom. The van der Waals surface area contributed by atoms with Gasteiger partial charge in [-0.25, -0.2) is 0 Å². The summed E-state index contributed by atoms with van der Waals surface area (Å²) in [7, 11) is 0. The van der Waals surface area contributed by atoms with Crippen molar-refractivity contribution in [1.29, 1.82) is 0 Å². The second kappa shape index (κ2) is 9.18. The van der Waals surface area contributed by atoms with Gasteiger partial charge in [-0.2, -0.15) is 0 Å². The molecule has 1 aliphatic carbocycles. The number of ether oxygens (including phenoxy) is 1. The van der Waals surface area contributed by atoms with E-state index in [1.54, 1.807) is 4.90 Å². The number of Topliss-reactive ketones (excluding diaryl/α,β-unsaturated/α-hetero) is 2. The van der Waals surface area contributed by atoms with Crippen LogP contribution in [0.15, 0.2) is 24.3 Å². The lowest BCUT2D eigenvalue weighted by Crippen LogP contribution is -2.49. The minimum Gasteiger partial charge on any atom is -0.479 e. The predicted octanol–water partition coefficient (Wildman–Crippen LogP) is 3.35. The van der Waals surface area contributed by atoms with Crippen molar-refractivity contribution in [3.63, 3.8) is 0 Å². The third kappa shape index (κ3) is 4.46. The molecule has 0 bridgehead atoms. The molecule has 0 aromatic heterocycles. The quantitative estimate of drug-likeness (QED) is 0.551. The van der Waals surface area contributed by atoms with Gasteiger partial charge in [0.05, 0.1) is 18.4 Å². The number of benzene rings is 1. The molecule has 5 nitrogen and oxygen atoms in total. The summed E-state index contributed by atoms with van der Waals surface area (Å²) in [4.78, 5) is 40.4. The van der Waals surface area contributed by atoms with Crippen LogP contribution in [-0.2, 0) is 25.5 Å². The van der Waals surface area contributed by atoms with Crippen molar-refractivity contribution in [2.24, 2.45) is 11.8 Å². The SMILES string of the molecule is CCOC(=S)SCC(=O)N1CCc2ccccc2[C@@H]1C1C(=O)CC(C)CC1=O. The van der Waals surface area contributed by atoms with Crippen molar-refractivity contribution in [2.45, 2.75) is 39.2 Å². The number of amides is 1. The van der Waals surface area contributed by atoms with Crippen molar-refractivity contribution in [1.82, 2.24) is 4.90 Å². The number of ketones is 2. The molecule has 1 saturated carbocycles. The Labute approximate surface area is 175 Å². The molecular weight excluding hydrogens is 394 g/mol. The number of carbonyl (C=O) groups is 3. The highest BCUT2D eigenvalue weighted by atomic mass is 32.2. The third-order valence-electron chi connectivity index (χ3n) is 5.34. The largest absolute Gasteiger partial charge is 0.479 e. The molecule has 3 rings (SSSR count). The first-order valence-electron chi connectivity index (χ1n) is 9.64. The van der Waals surface area contributed by atoms with E-state index in [1.807, 2.05) is 38.1 Å². The van der Waals surface area contributed by atoms with Crippen molar-refractivity contribution < 1.29 is 19.1 Å². The summed E-state index contributed by atoms with van der Waals surface area (Å²) in [6.07, 6.45) is 1.49. The maximum atomic E-state index is 13.0. The molecule has 1 aromatic rings. The number of thioether (sulfide) groups is 1. The first-order chi connectivity index (χ1) is 13.4. The second-order valence-electron chi connectivity index (χ2n) is 7.38. The number of nitrogens with zero attached hydrogens (tertiary/aromatic N) is 1. The Kier molecular flexibility index (Phi) is 6.88. The number of hydrogen-bond donors (Lipinski definition) is 0. The van der Waals surface area contributed by atoms with Crippen LogP contribution in [0.25, 0.3) is 0 Å². The van der Waals surface area contributed by atoms with E-state index in [2.05, 4.69) is 0 Å². The summed E-state index contributed by atoms with van der Waals surface area (Å²) < 4.78 is 5.58. The smallest absolute Gasteiger partial charge is 0.233 e. The van der Waals surface area contributed by atoms with Gasteiger partial charge in [-0.15, -0.1) is 0 Å². The van der Waals surface area contributed by atoms with Crippen LogP contribution in [0.4, 0.5) is 0 Å². The topological polar surface area (TPSA) is 63.7 Å². The lowest BCUT2D eigenvalue weighted by atomic mass is 9.73. The number of rotatable bonds is 4. The van der Waals surface area contributed by atoms with E-state index in [0.717, 1.165) is 11.1 Å². The zero-order valence-corrected chi connectivity index (χ0v) is 17.8. The number of carbonyl (C=O) groups excluding carboxylic acids is 3. The molecule has 1 aliphatic heterocycles. The van der Waals surface area contributed by atoms with Crippen molar-refractivity contribution in [3.05, 3.63) is 35.4 Å². The lowest BCUT2D eigenvalue weighted by molar-refractivity contribution is -0.144. The van der Waals surface area contributed by atoms with Gasteiger partial charge in [-0.3, -0.25) is 14.4 Å². The van der Waals surface area contributed by atoms with Gasteiger partial charge in [0.25, 0.3) is 0 Å². The standard InChI is InChI=1S/C21H25NO4S2/c1-3-26-21(27)28-12-18(25)22-9-8-14-6-4-5-7-15(14)20(22)19-16(23)10-13(2)11-17(19)24/h4-7,13,19-20H,3,8-12H2,1-2H3/t13?,19?,20-/m1/s1. The number of hydrogen-bond acceptors (Lipinski definition) is 6. The second-order valence-corrected chi connectivity index (χ2v) is 8.95.